The van der Waals surface area contributed by atoms with E-state index in [-0.39, 0.29) is 24.0 Å². The summed E-state index contributed by atoms with van der Waals surface area (Å²) in [4.78, 5) is 31.4. The summed E-state index contributed by atoms with van der Waals surface area (Å²) in [5.41, 5.74) is 0. The van der Waals surface area contributed by atoms with Crippen LogP contribution in [0, 0.1) is 0 Å². The van der Waals surface area contributed by atoms with Crippen molar-refractivity contribution in [1.82, 2.24) is 25.3 Å². The van der Waals surface area contributed by atoms with E-state index in [4.69, 9.17) is 9.26 Å². The van der Waals surface area contributed by atoms with Gasteiger partial charge in [-0.15, -0.1) is 0 Å². The van der Waals surface area contributed by atoms with Crippen LogP contribution < -0.4 is 5.32 Å². The van der Waals surface area contributed by atoms with Gasteiger partial charge >= 0.3 is 11.8 Å². The highest BCUT2D eigenvalue weighted by atomic mass is 16.5. The molecule has 1 aromatic heterocycles. The van der Waals surface area contributed by atoms with Crippen LogP contribution in [-0.4, -0.2) is 85.2 Å². The van der Waals surface area contributed by atoms with E-state index in [1.54, 1.807) is 4.90 Å². The fourth-order valence-electron chi connectivity index (χ4n) is 1.95. The molecule has 0 atom stereocenters. The van der Waals surface area contributed by atoms with Crippen molar-refractivity contribution in [3.05, 3.63) is 11.7 Å². The molecule has 0 bridgehead atoms. The van der Waals surface area contributed by atoms with Gasteiger partial charge in [0.05, 0.1) is 19.6 Å². The Hall–Kier alpha value is -2.00. The number of rotatable bonds is 6. The van der Waals surface area contributed by atoms with Crippen molar-refractivity contribution in [3.63, 3.8) is 0 Å². The lowest BCUT2D eigenvalue weighted by molar-refractivity contribution is -0.134. The first-order chi connectivity index (χ1) is 10.6. The maximum absolute atomic E-state index is 12.0. The lowest BCUT2D eigenvalue weighted by atomic mass is 10.3. The van der Waals surface area contributed by atoms with Crippen molar-refractivity contribution in [2.75, 3.05) is 53.5 Å². The van der Waals surface area contributed by atoms with E-state index in [1.165, 1.54) is 0 Å². The number of hydrogen-bond donors (Lipinski definition) is 1. The minimum atomic E-state index is -0.431. The summed E-state index contributed by atoms with van der Waals surface area (Å²) in [7, 11) is 3.82. The largest absolute Gasteiger partial charge is 0.378 e. The number of carbonyl (C=O) groups is 2. The second-order valence-electron chi connectivity index (χ2n) is 5.24. The minimum absolute atomic E-state index is 0.0223. The number of aromatic nitrogens is 2. The van der Waals surface area contributed by atoms with Crippen molar-refractivity contribution < 1.29 is 18.8 Å². The molecule has 0 unspecified atom stereocenters. The molecule has 1 N–H and O–H groups in total. The van der Waals surface area contributed by atoms with E-state index in [1.807, 2.05) is 19.0 Å². The van der Waals surface area contributed by atoms with E-state index in [9.17, 15) is 9.59 Å². The molecule has 2 heterocycles. The smallest absolute Gasteiger partial charge is 0.315 e. The van der Waals surface area contributed by atoms with Gasteiger partial charge in [0.15, 0.2) is 5.82 Å². The maximum atomic E-state index is 12.0. The van der Waals surface area contributed by atoms with E-state index >= 15 is 0 Å². The SMILES string of the molecule is CN(C)CCNC(=O)c1nc(CC(=O)N2CCOCC2)no1. The van der Waals surface area contributed by atoms with Gasteiger partial charge in [-0.3, -0.25) is 9.59 Å². The van der Waals surface area contributed by atoms with Gasteiger partial charge in [0.25, 0.3) is 0 Å². The number of morpholine rings is 1. The third-order valence-corrected chi connectivity index (χ3v) is 3.18. The van der Waals surface area contributed by atoms with Gasteiger partial charge < -0.3 is 24.4 Å². The van der Waals surface area contributed by atoms with Gasteiger partial charge in [0, 0.05) is 26.2 Å². The summed E-state index contributed by atoms with van der Waals surface area (Å²) in [6.45, 7) is 3.40. The number of ether oxygens (including phenoxy) is 1. The normalized spacial score (nSPS) is 15.1. The molecular formula is C13H21N5O4. The van der Waals surface area contributed by atoms with Crippen molar-refractivity contribution in [2.45, 2.75) is 6.42 Å². The molecule has 9 nitrogen and oxygen atoms in total. The van der Waals surface area contributed by atoms with E-state index in [0.717, 1.165) is 0 Å². The van der Waals surface area contributed by atoms with Crippen molar-refractivity contribution >= 4 is 11.8 Å². The van der Waals surface area contributed by atoms with Gasteiger partial charge in [-0.2, -0.15) is 4.98 Å². The average molecular weight is 311 g/mol. The zero-order chi connectivity index (χ0) is 15.9. The first kappa shape index (κ1) is 16.4. The van der Waals surface area contributed by atoms with Gasteiger partial charge in [-0.25, -0.2) is 0 Å². The third-order valence-electron chi connectivity index (χ3n) is 3.18. The lowest BCUT2D eigenvalue weighted by Crippen LogP contribution is -2.41. The van der Waals surface area contributed by atoms with Crippen LogP contribution in [0.4, 0.5) is 0 Å². The lowest BCUT2D eigenvalue weighted by Gasteiger charge is -2.26. The Morgan fingerprint density at radius 3 is 2.73 bits per heavy atom. The summed E-state index contributed by atoms with van der Waals surface area (Å²) in [5.74, 6) is -0.430. The second kappa shape index (κ2) is 7.85. The molecule has 9 heteroatoms. The number of nitrogens with zero attached hydrogens (tertiary/aromatic N) is 4. The molecule has 1 fully saturated rings. The predicted octanol–water partition coefficient (Wildman–Crippen LogP) is -1.24. The Morgan fingerprint density at radius 2 is 2.05 bits per heavy atom. The Kier molecular flexibility index (Phi) is 5.84. The van der Waals surface area contributed by atoms with E-state index in [2.05, 4.69) is 15.5 Å². The molecule has 1 saturated heterocycles. The van der Waals surface area contributed by atoms with Gasteiger partial charge in [0.1, 0.15) is 0 Å². The van der Waals surface area contributed by atoms with Crippen molar-refractivity contribution in [3.8, 4) is 0 Å². The molecule has 22 heavy (non-hydrogen) atoms. The fraction of sp³-hybridized carbons (Fsp3) is 0.692. The number of nitrogens with one attached hydrogen (secondary N) is 1. The highest BCUT2D eigenvalue weighted by Gasteiger charge is 2.21. The summed E-state index contributed by atoms with van der Waals surface area (Å²) >= 11 is 0. The molecule has 2 amide bonds. The monoisotopic (exact) mass is 311 g/mol. The quantitative estimate of drug-likeness (QED) is 0.701. The first-order valence-corrected chi connectivity index (χ1v) is 7.17. The Balaban J connectivity index is 1.82. The van der Waals surface area contributed by atoms with Gasteiger partial charge in [-0.05, 0) is 14.1 Å². The topological polar surface area (TPSA) is 101 Å². The first-order valence-electron chi connectivity index (χ1n) is 7.17. The van der Waals surface area contributed by atoms with Crippen LogP contribution in [0.5, 0.6) is 0 Å². The molecule has 122 valence electrons. The second-order valence-corrected chi connectivity index (χ2v) is 5.24. The Labute approximate surface area is 128 Å². The minimum Gasteiger partial charge on any atom is -0.378 e. The maximum Gasteiger partial charge on any atom is 0.315 e. The summed E-state index contributed by atoms with van der Waals surface area (Å²) in [6, 6.07) is 0. The van der Waals surface area contributed by atoms with E-state index < -0.39 is 5.91 Å². The molecule has 1 aliphatic rings. The van der Waals surface area contributed by atoms with Crippen LogP contribution in [0.15, 0.2) is 4.52 Å². The predicted molar refractivity (Wildman–Crippen MR) is 76.3 cm³/mol. The van der Waals surface area contributed by atoms with Crippen LogP contribution in [0.1, 0.15) is 16.5 Å². The molecule has 0 radical (unpaired) electrons. The molecule has 0 spiro atoms. The fourth-order valence-corrected chi connectivity index (χ4v) is 1.95. The Morgan fingerprint density at radius 1 is 1.32 bits per heavy atom. The highest BCUT2D eigenvalue weighted by molar-refractivity contribution is 5.89. The summed E-state index contributed by atoms with van der Waals surface area (Å²) in [5, 5.41) is 6.35. The van der Waals surface area contributed by atoms with Crippen LogP contribution in [0.2, 0.25) is 0 Å². The zero-order valence-corrected chi connectivity index (χ0v) is 12.9. The number of likely N-dealkylation sites (N-methyl/N-ethyl adjacent to an activating group) is 1. The van der Waals surface area contributed by atoms with Gasteiger partial charge in [0.2, 0.25) is 5.91 Å². The highest BCUT2D eigenvalue weighted by Crippen LogP contribution is 2.03. The van der Waals surface area contributed by atoms with Crippen LogP contribution in [0.3, 0.4) is 0 Å². The third kappa shape index (κ3) is 4.78. The average Bonchev–Trinajstić information content (AvgIpc) is 2.96. The molecule has 2 rings (SSSR count). The molecular weight excluding hydrogens is 290 g/mol. The number of amides is 2. The molecule has 0 aromatic carbocycles. The molecule has 1 aliphatic heterocycles. The van der Waals surface area contributed by atoms with Crippen molar-refractivity contribution in [2.24, 2.45) is 0 Å². The molecule has 0 aliphatic carbocycles. The number of carbonyl (C=O) groups excluding carboxylic acids is 2. The molecule has 0 saturated carbocycles. The van der Waals surface area contributed by atoms with E-state index in [0.29, 0.717) is 39.4 Å². The summed E-state index contributed by atoms with van der Waals surface area (Å²) in [6.07, 6.45) is 0.0223. The number of hydrogen-bond acceptors (Lipinski definition) is 7. The molecule has 1 aromatic rings. The standard InChI is InChI=1S/C13H21N5O4/c1-17(2)4-3-14-12(20)13-15-10(16-22-13)9-11(19)18-5-7-21-8-6-18/h3-9H2,1-2H3,(H,14,20). The van der Waals surface area contributed by atoms with Crippen molar-refractivity contribution in [1.29, 1.82) is 0 Å². The Bertz CT molecular complexity index is 510. The van der Waals surface area contributed by atoms with Crippen LogP contribution >= 0.6 is 0 Å². The van der Waals surface area contributed by atoms with Crippen LogP contribution in [-0.2, 0) is 16.0 Å². The summed E-state index contributed by atoms with van der Waals surface area (Å²) < 4.78 is 10.1. The van der Waals surface area contributed by atoms with Crippen LogP contribution in [0.25, 0.3) is 0 Å². The zero-order valence-electron chi connectivity index (χ0n) is 12.9. The van der Waals surface area contributed by atoms with Gasteiger partial charge in [-0.1, -0.05) is 5.16 Å².